The Morgan fingerprint density at radius 1 is 1.06 bits per heavy atom. The van der Waals surface area contributed by atoms with Crippen LogP contribution in [0.2, 0.25) is 0 Å². The maximum Gasteiger partial charge on any atom is 0.573 e. The van der Waals surface area contributed by atoms with E-state index in [1.165, 1.54) is 0 Å². The molecule has 2 aromatic heterocycles. The molecule has 2 saturated heterocycles. The zero-order chi connectivity index (χ0) is 33.8. The van der Waals surface area contributed by atoms with Crippen LogP contribution in [0, 0.1) is 11.6 Å². The van der Waals surface area contributed by atoms with Gasteiger partial charge in [0.15, 0.2) is 23.7 Å². The highest BCUT2D eigenvalue weighted by molar-refractivity contribution is 6.03. The Bertz CT molecular complexity index is 1870. The Balaban J connectivity index is 1.42. The maximum atomic E-state index is 16.8. The summed E-state index contributed by atoms with van der Waals surface area (Å²) in [5.74, 6) is -4.18. The van der Waals surface area contributed by atoms with Gasteiger partial charge >= 0.3 is 12.4 Å². The van der Waals surface area contributed by atoms with Crippen molar-refractivity contribution in [3.63, 3.8) is 0 Å². The highest BCUT2D eigenvalue weighted by Gasteiger charge is 2.45. The van der Waals surface area contributed by atoms with E-state index in [4.69, 9.17) is 4.74 Å². The minimum atomic E-state index is -5.29. The average molecular weight is 681 g/mol. The first kappa shape index (κ1) is 32.4. The van der Waals surface area contributed by atoms with Crippen molar-refractivity contribution in [1.29, 1.82) is 0 Å². The van der Waals surface area contributed by atoms with Crippen molar-refractivity contribution >= 4 is 27.5 Å². The molecule has 0 aliphatic carbocycles. The fraction of sp³-hybridized carbons (Fsp3) is 0.469. The standard InChI is InChI=1S/C32H31F7N6O3/c33-15-40-28(36)21-5-1-4-20-23-26(43-30(44-29(23)42-21)47-14-31-8-2-10-45(31)11-3-9-31)24(35)25(41-20)18-13-17(46)12-16-6-7-19(34)27(22(16)18)48-32(37,38)39/h6-7,12-13,21,28,40,46H,1-5,8-11,14-15H2,(H,42,43,44). The molecule has 7 rings (SSSR count). The van der Waals surface area contributed by atoms with Crippen molar-refractivity contribution in [3.05, 3.63) is 41.6 Å². The van der Waals surface area contributed by atoms with Crippen molar-refractivity contribution in [2.75, 3.05) is 31.8 Å². The Hall–Kier alpha value is -4.18. The Kier molecular flexibility index (Phi) is 8.34. The van der Waals surface area contributed by atoms with Crippen LogP contribution in [0.25, 0.3) is 32.9 Å². The van der Waals surface area contributed by atoms with Crippen molar-refractivity contribution in [2.24, 2.45) is 0 Å². The predicted molar refractivity (Wildman–Crippen MR) is 161 cm³/mol. The van der Waals surface area contributed by atoms with Gasteiger partial charge in [-0.2, -0.15) is 9.97 Å². The summed E-state index contributed by atoms with van der Waals surface area (Å²) < 4.78 is 110. The molecular formula is C32H31F7N6O3. The molecule has 2 unspecified atom stereocenters. The van der Waals surface area contributed by atoms with E-state index < -0.39 is 59.7 Å². The summed E-state index contributed by atoms with van der Waals surface area (Å²) in [4.78, 5) is 15.7. The van der Waals surface area contributed by atoms with E-state index in [0.717, 1.165) is 63.0 Å². The largest absolute Gasteiger partial charge is 0.573 e. The smallest absolute Gasteiger partial charge is 0.508 e. The second-order valence-electron chi connectivity index (χ2n) is 12.4. The van der Waals surface area contributed by atoms with E-state index in [0.29, 0.717) is 0 Å². The molecule has 3 aliphatic rings. The SMILES string of the molecule is Oc1cc(-c2nc3c4c(nc(OCC56CCCN5CCC6)nc4c2F)NC(C(F)NCF)CCC3)c2c(OC(F)(F)F)c(F)ccc2c1. The van der Waals surface area contributed by atoms with Gasteiger partial charge in [0.2, 0.25) is 0 Å². The number of fused-ring (bicyclic) bond motifs is 2. The van der Waals surface area contributed by atoms with Gasteiger partial charge in [-0.1, -0.05) is 6.07 Å². The number of nitrogens with zero attached hydrogens (tertiary/aromatic N) is 4. The number of ether oxygens (including phenoxy) is 2. The number of phenols is 1. The lowest BCUT2D eigenvalue weighted by molar-refractivity contribution is -0.275. The Labute approximate surface area is 269 Å². The maximum absolute atomic E-state index is 16.8. The summed E-state index contributed by atoms with van der Waals surface area (Å²) in [6.45, 7) is 0.917. The van der Waals surface area contributed by atoms with Gasteiger partial charge in [-0.25, -0.2) is 22.5 Å². The van der Waals surface area contributed by atoms with Crippen LogP contribution in [0.15, 0.2) is 24.3 Å². The molecule has 3 N–H and O–H groups in total. The molecular weight excluding hydrogens is 649 g/mol. The van der Waals surface area contributed by atoms with E-state index in [2.05, 4.69) is 35.2 Å². The van der Waals surface area contributed by atoms with Crippen LogP contribution >= 0.6 is 0 Å². The van der Waals surface area contributed by atoms with Crippen LogP contribution in [-0.4, -0.2) is 75.7 Å². The van der Waals surface area contributed by atoms with Gasteiger partial charge in [0.1, 0.15) is 36.2 Å². The molecule has 0 radical (unpaired) electrons. The molecule has 5 heterocycles. The highest BCUT2D eigenvalue weighted by Crippen LogP contribution is 2.44. The molecule has 0 saturated carbocycles. The third kappa shape index (κ3) is 5.88. The monoisotopic (exact) mass is 680 g/mol. The van der Waals surface area contributed by atoms with Crippen LogP contribution in [0.1, 0.15) is 44.2 Å². The lowest BCUT2D eigenvalue weighted by atomic mass is 9.95. The number of nitrogens with one attached hydrogen (secondary N) is 2. The number of phenolic OH excluding ortho intramolecular Hbond substituents is 1. The van der Waals surface area contributed by atoms with Gasteiger partial charge in [-0.15, -0.1) is 13.2 Å². The number of halogens is 7. The number of hydrogen-bond donors (Lipinski definition) is 3. The summed E-state index contributed by atoms with van der Waals surface area (Å²) in [5.41, 5.74) is -1.26. The van der Waals surface area contributed by atoms with E-state index in [1.807, 2.05) is 0 Å². The quantitative estimate of drug-likeness (QED) is 0.139. The van der Waals surface area contributed by atoms with E-state index in [1.54, 1.807) is 0 Å². The minimum Gasteiger partial charge on any atom is -0.508 e. The molecule has 0 bridgehead atoms. The Morgan fingerprint density at radius 3 is 2.56 bits per heavy atom. The molecule has 0 amide bonds. The topological polar surface area (TPSA) is 105 Å². The number of aromatic nitrogens is 3. The molecule has 16 heteroatoms. The van der Waals surface area contributed by atoms with Gasteiger partial charge in [-0.05, 0) is 81.6 Å². The van der Waals surface area contributed by atoms with Crippen molar-refractivity contribution in [2.45, 2.75) is 69.2 Å². The zero-order valence-corrected chi connectivity index (χ0v) is 25.4. The minimum absolute atomic E-state index is 0.0175. The third-order valence-corrected chi connectivity index (χ3v) is 9.48. The van der Waals surface area contributed by atoms with Crippen LogP contribution in [-0.2, 0) is 6.42 Å². The van der Waals surface area contributed by atoms with Crippen LogP contribution < -0.4 is 20.1 Å². The van der Waals surface area contributed by atoms with E-state index in [9.17, 15) is 31.4 Å². The first-order valence-electron chi connectivity index (χ1n) is 15.7. The number of aryl methyl sites for hydroxylation is 1. The summed E-state index contributed by atoms with van der Waals surface area (Å²) >= 11 is 0. The summed E-state index contributed by atoms with van der Waals surface area (Å²) in [5, 5.41) is 15.1. The first-order valence-corrected chi connectivity index (χ1v) is 15.7. The number of benzene rings is 2. The average Bonchev–Trinajstić information content (AvgIpc) is 3.61. The first-order chi connectivity index (χ1) is 23.0. The lowest BCUT2D eigenvalue weighted by Gasteiger charge is -2.31. The number of rotatable bonds is 8. The number of aromatic hydroxyl groups is 1. The molecule has 2 atom stereocenters. The van der Waals surface area contributed by atoms with Crippen LogP contribution in [0.3, 0.4) is 0 Å². The highest BCUT2D eigenvalue weighted by atomic mass is 19.4. The third-order valence-electron chi connectivity index (χ3n) is 9.48. The molecule has 3 aliphatic heterocycles. The van der Waals surface area contributed by atoms with Crippen LogP contribution in [0.5, 0.6) is 17.5 Å². The molecule has 2 aromatic carbocycles. The molecule has 4 aromatic rings. The molecule has 0 spiro atoms. The van der Waals surface area contributed by atoms with Crippen molar-refractivity contribution in [1.82, 2.24) is 25.2 Å². The molecule has 256 valence electrons. The van der Waals surface area contributed by atoms with E-state index >= 15 is 4.39 Å². The number of hydrogen-bond acceptors (Lipinski definition) is 9. The van der Waals surface area contributed by atoms with Gasteiger partial charge < -0.3 is 19.9 Å². The second kappa shape index (κ2) is 12.4. The lowest BCUT2D eigenvalue weighted by Crippen LogP contribution is -2.43. The van der Waals surface area contributed by atoms with Crippen molar-refractivity contribution < 1.29 is 45.3 Å². The fourth-order valence-corrected chi connectivity index (χ4v) is 7.38. The normalized spacial score (nSPS) is 19.9. The van der Waals surface area contributed by atoms with Gasteiger partial charge in [0.25, 0.3) is 0 Å². The van der Waals surface area contributed by atoms with E-state index in [-0.39, 0.29) is 70.8 Å². The molecule has 48 heavy (non-hydrogen) atoms. The van der Waals surface area contributed by atoms with Crippen molar-refractivity contribution in [3.8, 4) is 28.8 Å². The number of pyridine rings is 1. The number of anilines is 1. The fourth-order valence-electron chi connectivity index (χ4n) is 7.38. The number of alkyl halides is 5. The van der Waals surface area contributed by atoms with Gasteiger partial charge in [0, 0.05) is 10.9 Å². The molecule has 9 nitrogen and oxygen atoms in total. The molecule has 2 fully saturated rings. The Morgan fingerprint density at radius 2 is 1.83 bits per heavy atom. The van der Waals surface area contributed by atoms with Gasteiger partial charge in [0.05, 0.1) is 22.7 Å². The second-order valence-corrected chi connectivity index (χ2v) is 12.4. The van der Waals surface area contributed by atoms with Gasteiger partial charge in [-0.3, -0.25) is 10.2 Å². The summed E-state index contributed by atoms with van der Waals surface area (Å²) in [6.07, 6.45) is -2.78. The predicted octanol–water partition coefficient (Wildman–Crippen LogP) is 6.66. The van der Waals surface area contributed by atoms with Crippen LogP contribution in [0.4, 0.5) is 36.6 Å². The summed E-state index contributed by atoms with van der Waals surface area (Å²) in [7, 11) is 0. The summed E-state index contributed by atoms with van der Waals surface area (Å²) in [6, 6.07) is 2.71. The zero-order valence-electron chi connectivity index (χ0n) is 25.4.